The van der Waals surface area contributed by atoms with Crippen molar-refractivity contribution in [1.29, 1.82) is 0 Å². The molecular weight excluding hydrogens is 292 g/mol. The van der Waals surface area contributed by atoms with Gasteiger partial charge in [0.15, 0.2) is 5.76 Å². The van der Waals surface area contributed by atoms with Gasteiger partial charge in [-0.3, -0.25) is 9.67 Å². The second kappa shape index (κ2) is 6.10. The zero-order chi connectivity index (χ0) is 15.5. The lowest BCUT2D eigenvalue weighted by Crippen LogP contribution is -2.17. The number of hydrogen-bond donors (Lipinski definition) is 2. The molecule has 6 nitrogen and oxygen atoms in total. The second-order valence-corrected chi connectivity index (χ2v) is 4.81. The fourth-order valence-electron chi connectivity index (χ4n) is 2.19. The Morgan fingerprint density at radius 1 is 1.36 bits per heavy atom. The lowest BCUT2D eigenvalue weighted by molar-refractivity contribution is 0.0666. The molecule has 8 heteroatoms. The smallest absolute Gasteiger partial charge is 0.319 e. The van der Waals surface area contributed by atoms with E-state index in [1.165, 1.54) is 12.4 Å². The van der Waals surface area contributed by atoms with Crippen molar-refractivity contribution in [3.05, 3.63) is 47.9 Å². The molecule has 2 N–H and O–H groups in total. The highest BCUT2D eigenvalue weighted by Gasteiger charge is 2.13. The summed E-state index contributed by atoms with van der Waals surface area (Å²) in [6, 6.07) is 3.72. The van der Waals surface area contributed by atoms with E-state index in [0.29, 0.717) is 12.3 Å². The van der Waals surface area contributed by atoms with Crippen molar-refractivity contribution in [2.75, 3.05) is 0 Å². The summed E-state index contributed by atoms with van der Waals surface area (Å²) in [4.78, 5) is 3.92. The lowest BCUT2D eigenvalue weighted by atomic mass is 10.2. The molecule has 0 fully saturated rings. The summed E-state index contributed by atoms with van der Waals surface area (Å²) in [6.45, 7) is -0.0298. The van der Waals surface area contributed by atoms with Gasteiger partial charge in [0.05, 0.1) is 12.7 Å². The molecular formula is C14H15F2N5O. The van der Waals surface area contributed by atoms with E-state index < -0.39 is 6.55 Å². The van der Waals surface area contributed by atoms with Crippen LogP contribution in [0.1, 0.15) is 23.7 Å². The Hall–Kier alpha value is -2.48. The number of nitrogens with zero attached hydrogens (tertiary/aromatic N) is 3. The van der Waals surface area contributed by atoms with Crippen molar-refractivity contribution < 1.29 is 13.2 Å². The zero-order valence-corrected chi connectivity index (χ0v) is 11.9. The first kappa shape index (κ1) is 14.5. The van der Waals surface area contributed by atoms with Gasteiger partial charge in [-0.1, -0.05) is 0 Å². The van der Waals surface area contributed by atoms with Crippen LogP contribution in [0.3, 0.4) is 0 Å². The van der Waals surface area contributed by atoms with Crippen LogP contribution in [0.25, 0.3) is 11.5 Å². The number of imidazole rings is 1. The number of aromatic nitrogens is 4. The van der Waals surface area contributed by atoms with E-state index in [1.54, 1.807) is 6.20 Å². The molecule has 0 aliphatic rings. The lowest BCUT2D eigenvalue weighted by Gasteiger charge is -2.07. The van der Waals surface area contributed by atoms with E-state index in [4.69, 9.17) is 4.42 Å². The van der Waals surface area contributed by atoms with Gasteiger partial charge in [0.1, 0.15) is 17.3 Å². The van der Waals surface area contributed by atoms with Crippen molar-refractivity contribution >= 4 is 0 Å². The molecule has 0 aliphatic heterocycles. The third kappa shape index (κ3) is 2.91. The average Bonchev–Trinajstić information content (AvgIpc) is 3.18. The van der Waals surface area contributed by atoms with Crippen LogP contribution in [0.4, 0.5) is 8.78 Å². The maximum Gasteiger partial charge on any atom is 0.319 e. The van der Waals surface area contributed by atoms with E-state index in [0.717, 1.165) is 21.6 Å². The normalized spacial score (nSPS) is 11.5. The topological polar surface area (TPSA) is 71.7 Å². The summed E-state index contributed by atoms with van der Waals surface area (Å²) in [5, 5.41) is 9.97. The summed E-state index contributed by atoms with van der Waals surface area (Å²) < 4.78 is 31.8. The van der Waals surface area contributed by atoms with E-state index >= 15 is 0 Å². The molecule has 116 valence electrons. The highest BCUT2D eigenvalue weighted by molar-refractivity contribution is 5.56. The van der Waals surface area contributed by atoms with Gasteiger partial charge < -0.3 is 9.73 Å². The first-order valence-corrected chi connectivity index (χ1v) is 6.75. The van der Waals surface area contributed by atoms with Gasteiger partial charge >= 0.3 is 6.55 Å². The summed E-state index contributed by atoms with van der Waals surface area (Å²) in [5.74, 6) is 1.79. The van der Waals surface area contributed by atoms with Crippen molar-refractivity contribution in [2.45, 2.75) is 26.6 Å². The van der Waals surface area contributed by atoms with Gasteiger partial charge in [-0.15, -0.1) is 0 Å². The number of H-pyrrole nitrogens is 1. The van der Waals surface area contributed by atoms with Gasteiger partial charge in [0.25, 0.3) is 0 Å². The Morgan fingerprint density at radius 3 is 2.95 bits per heavy atom. The fourth-order valence-corrected chi connectivity index (χ4v) is 2.19. The van der Waals surface area contributed by atoms with Crippen LogP contribution in [-0.2, 0) is 13.1 Å². The van der Waals surface area contributed by atoms with Gasteiger partial charge in [0.2, 0.25) is 0 Å². The standard InChI is InChI=1S/C14H15F2N5O/c1-9-2-3-11(22-9)13-10(7-19-20-13)6-17-8-12-18-4-5-21(12)14(15)16/h2-5,7,14,17H,6,8H2,1H3,(H,19,20). The van der Waals surface area contributed by atoms with Gasteiger partial charge in [-0.25, -0.2) is 4.98 Å². The average molecular weight is 307 g/mol. The number of nitrogens with one attached hydrogen (secondary N) is 2. The number of alkyl halides is 2. The minimum absolute atomic E-state index is 0.235. The molecule has 3 heterocycles. The van der Waals surface area contributed by atoms with Gasteiger partial charge in [0, 0.05) is 24.5 Å². The molecule has 0 saturated heterocycles. The predicted octanol–water partition coefficient (Wildman–Crippen LogP) is 2.86. The Morgan fingerprint density at radius 2 is 2.23 bits per heavy atom. The van der Waals surface area contributed by atoms with E-state index in [2.05, 4.69) is 20.5 Å². The van der Waals surface area contributed by atoms with Crippen LogP contribution in [0.2, 0.25) is 0 Å². The molecule has 0 amide bonds. The van der Waals surface area contributed by atoms with Crippen molar-refractivity contribution in [1.82, 2.24) is 25.1 Å². The Labute approximate surface area is 125 Å². The largest absolute Gasteiger partial charge is 0.460 e. The molecule has 0 aliphatic carbocycles. The van der Waals surface area contributed by atoms with Crippen LogP contribution in [0, 0.1) is 6.92 Å². The van der Waals surface area contributed by atoms with Crippen LogP contribution in [0.5, 0.6) is 0 Å². The van der Waals surface area contributed by atoms with Crippen molar-refractivity contribution in [2.24, 2.45) is 0 Å². The van der Waals surface area contributed by atoms with Crippen LogP contribution < -0.4 is 5.32 Å². The molecule has 0 unspecified atom stereocenters. The zero-order valence-electron chi connectivity index (χ0n) is 11.9. The van der Waals surface area contributed by atoms with Gasteiger partial charge in [-0.2, -0.15) is 13.9 Å². The van der Waals surface area contributed by atoms with E-state index in [-0.39, 0.29) is 12.4 Å². The molecule has 22 heavy (non-hydrogen) atoms. The maximum absolute atomic E-state index is 12.7. The Balaban J connectivity index is 1.65. The SMILES string of the molecule is Cc1ccc(-c2[nH]ncc2CNCc2nccn2C(F)F)o1. The number of aryl methyl sites for hydroxylation is 1. The van der Waals surface area contributed by atoms with Gasteiger partial charge in [-0.05, 0) is 19.1 Å². The highest BCUT2D eigenvalue weighted by Crippen LogP contribution is 2.23. The summed E-state index contributed by atoms with van der Waals surface area (Å²) in [5.41, 5.74) is 1.67. The number of rotatable bonds is 6. The third-order valence-corrected chi connectivity index (χ3v) is 3.26. The summed E-state index contributed by atoms with van der Waals surface area (Å²) >= 11 is 0. The summed E-state index contributed by atoms with van der Waals surface area (Å²) in [6.07, 6.45) is 4.30. The molecule has 0 aromatic carbocycles. The molecule has 0 atom stereocenters. The minimum Gasteiger partial charge on any atom is -0.460 e. The fraction of sp³-hybridized carbons (Fsp3) is 0.286. The molecule has 0 saturated carbocycles. The monoisotopic (exact) mass is 307 g/mol. The van der Waals surface area contributed by atoms with Crippen molar-refractivity contribution in [3.63, 3.8) is 0 Å². The highest BCUT2D eigenvalue weighted by atomic mass is 19.3. The first-order chi connectivity index (χ1) is 10.6. The van der Waals surface area contributed by atoms with E-state index in [1.807, 2.05) is 19.1 Å². The van der Waals surface area contributed by atoms with Crippen LogP contribution in [-0.4, -0.2) is 19.7 Å². The molecule has 0 bridgehead atoms. The van der Waals surface area contributed by atoms with Crippen LogP contribution in [0.15, 0.2) is 35.1 Å². The number of aromatic amines is 1. The number of halogens is 2. The first-order valence-electron chi connectivity index (χ1n) is 6.75. The Bertz CT molecular complexity index is 746. The quantitative estimate of drug-likeness (QED) is 0.734. The Kier molecular flexibility index (Phi) is 4.01. The minimum atomic E-state index is -2.59. The molecule has 0 radical (unpaired) electrons. The van der Waals surface area contributed by atoms with Crippen molar-refractivity contribution in [3.8, 4) is 11.5 Å². The third-order valence-electron chi connectivity index (χ3n) is 3.26. The van der Waals surface area contributed by atoms with E-state index in [9.17, 15) is 8.78 Å². The molecule has 3 aromatic rings. The molecule has 3 rings (SSSR count). The number of hydrogen-bond acceptors (Lipinski definition) is 4. The maximum atomic E-state index is 12.7. The summed E-state index contributed by atoms with van der Waals surface area (Å²) in [7, 11) is 0. The van der Waals surface area contributed by atoms with Crippen LogP contribution >= 0.6 is 0 Å². The second-order valence-electron chi connectivity index (χ2n) is 4.81. The molecule has 0 spiro atoms. The molecule has 3 aromatic heterocycles. The predicted molar refractivity (Wildman–Crippen MR) is 75.1 cm³/mol. The number of furan rings is 1.